The first-order chi connectivity index (χ1) is 10.2. The highest BCUT2D eigenvalue weighted by Gasteiger charge is 2.32. The van der Waals surface area contributed by atoms with E-state index in [0.29, 0.717) is 6.16 Å². The fourth-order valence-corrected chi connectivity index (χ4v) is 5.40. The van der Waals surface area contributed by atoms with Gasteiger partial charge in [-0.3, -0.25) is 4.57 Å². The number of hydrogen-bond donors (Lipinski definition) is 0. The lowest BCUT2D eigenvalue weighted by Gasteiger charge is -2.30. The maximum absolute atomic E-state index is 13.1. The molecule has 0 spiro atoms. The van der Waals surface area contributed by atoms with Gasteiger partial charge in [-0.1, -0.05) is 66.6 Å². The van der Waals surface area contributed by atoms with E-state index in [1.54, 1.807) is 0 Å². The molecule has 0 aromatic rings. The molecular formula is C16H28BrO3P. The molecule has 0 unspecified atom stereocenters. The summed E-state index contributed by atoms with van der Waals surface area (Å²) in [7, 11) is -2.99. The predicted molar refractivity (Wildman–Crippen MR) is 91.3 cm³/mol. The Hall–Kier alpha value is 0.370. The largest absolute Gasteiger partial charge is 0.334 e. The standard InChI is InChI=1S/C16H28BrO3P/c17-13-7-8-14-21(18,19-15-9-3-1-4-10-15)20-16-11-5-2-6-12-16/h7-8,15-16H,1-6,9-14H2. The van der Waals surface area contributed by atoms with Crippen molar-refractivity contribution in [3.8, 4) is 0 Å². The van der Waals surface area contributed by atoms with Crippen LogP contribution in [-0.4, -0.2) is 23.7 Å². The zero-order chi connectivity index (χ0) is 15.0. The minimum Gasteiger partial charge on any atom is -0.305 e. The van der Waals surface area contributed by atoms with E-state index in [9.17, 15) is 4.57 Å². The molecule has 0 amide bonds. The van der Waals surface area contributed by atoms with Gasteiger partial charge in [-0.2, -0.15) is 0 Å². The monoisotopic (exact) mass is 378 g/mol. The fraction of sp³-hybridized carbons (Fsp3) is 0.875. The Morgan fingerprint density at radius 3 is 1.76 bits per heavy atom. The summed E-state index contributed by atoms with van der Waals surface area (Å²) in [4.78, 5) is 0. The molecule has 2 aliphatic carbocycles. The van der Waals surface area contributed by atoms with Crippen LogP contribution in [0.5, 0.6) is 0 Å². The molecule has 0 aromatic carbocycles. The van der Waals surface area contributed by atoms with Crippen LogP contribution in [-0.2, 0) is 13.6 Å². The SMILES string of the molecule is O=P(CC=CCBr)(OC1CCCCC1)OC1CCCCC1. The van der Waals surface area contributed by atoms with Crippen LogP contribution in [0.1, 0.15) is 64.2 Å². The molecule has 0 atom stereocenters. The van der Waals surface area contributed by atoms with E-state index in [1.807, 2.05) is 12.2 Å². The topological polar surface area (TPSA) is 35.5 Å². The van der Waals surface area contributed by atoms with Crippen LogP contribution < -0.4 is 0 Å². The second kappa shape index (κ2) is 9.50. The molecule has 0 radical (unpaired) electrons. The van der Waals surface area contributed by atoms with Crippen LogP contribution in [0.15, 0.2) is 12.2 Å². The molecule has 2 saturated carbocycles. The van der Waals surface area contributed by atoms with Crippen molar-refractivity contribution in [3.05, 3.63) is 12.2 Å². The highest BCUT2D eigenvalue weighted by Crippen LogP contribution is 2.53. The zero-order valence-electron chi connectivity index (χ0n) is 12.8. The van der Waals surface area contributed by atoms with Crippen molar-refractivity contribution in [2.45, 2.75) is 76.4 Å². The molecule has 2 fully saturated rings. The first-order valence-corrected chi connectivity index (χ1v) is 11.2. The predicted octanol–water partition coefficient (Wildman–Crippen LogP) is 5.83. The third kappa shape index (κ3) is 6.56. The minimum atomic E-state index is -2.99. The Bertz CT molecular complexity index is 337. The molecule has 2 aliphatic rings. The van der Waals surface area contributed by atoms with E-state index in [-0.39, 0.29) is 12.2 Å². The summed E-state index contributed by atoms with van der Waals surface area (Å²) in [6.45, 7) is 0. The van der Waals surface area contributed by atoms with Crippen LogP contribution in [0.2, 0.25) is 0 Å². The van der Waals surface area contributed by atoms with Gasteiger partial charge in [0.05, 0.1) is 18.4 Å². The lowest BCUT2D eigenvalue weighted by Crippen LogP contribution is -2.21. The molecule has 0 heterocycles. The minimum absolute atomic E-state index is 0.130. The third-order valence-corrected chi connectivity index (χ3v) is 6.58. The molecule has 2 rings (SSSR count). The van der Waals surface area contributed by atoms with E-state index in [2.05, 4.69) is 15.9 Å². The van der Waals surface area contributed by atoms with Crippen molar-refractivity contribution in [2.75, 3.05) is 11.5 Å². The van der Waals surface area contributed by atoms with Crippen molar-refractivity contribution in [2.24, 2.45) is 0 Å². The van der Waals surface area contributed by atoms with E-state index >= 15 is 0 Å². The number of alkyl halides is 1. The summed E-state index contributed by atoms with van der Waals surface area (Å²) in [5, 5.41) is 0.778. The quantitative estimate of drug-likeness (QED) is 0.317. The van der Waals surface area contributed by atoms with Crippen LogP contribution >= 0.6 is 23.5 Å². The van der Waals surface area contributed by atoms with Crippen molar-refractivity contribution in [1.29, 1.82) is 0 Å². The van der Waals surface area contributed by atoms with Crippen LogP contribution in [0.3, 0.4) is 0 Å². The Labute approximate surface area is 137 Å². The van der Waals surface area contributed by atoms with Gasteiger partial charge in [0.25, 0.3) is 0 Å². The van der Waals surface area contributed by atoms with Gasteiger partial charge in [0.15, 0.2) is 0 Å². The van der Waals surface area contributed by atoms with Gasteiger partial charge >= 0.3 is 7.60 Å². The van der Waals surface area contributed by atoms with Gasteiger partial charge in [0.1, 0.15) is 0 Å². The van der Waals surface area contributed by atoms with E-state index in [0.717, 1.165) is 31.0 Å². The smallest absolute Gasteiger partial charge is 0.305 e. The van der Waals surface area contributed by atoms with Gasteiger partial charge in [0, 0.05) is 5.33 Å². The second-order valence-corrected chi connectivity index (χ2v) is 8.81. The van der Waals surface area contributed by atoms with Gasteiger partial charge in [-0.05, 0) is 25.7 Å². The van der Waals surface area contributed by atoms with Crippen molar-refractivity contribution in [3.63, 3.8) is 0 Å². The van der Waals surface area contributed by atoms with Crippen molar-refractivity contribution < 1.29 is 13.6 Å². The fourth-order valence-electron chi connectivity index (χ4n) is 3.17. The van der Waals surface area contributed by atoms with Crippen LogP contribution in [0.4, 0.5) is 0 Å². The summed E-state index contributed by atoms with van der Waals surface area (Å²) in [5.74, 6) is 0. The molecule has 0 aliphatic heterocycles. The summed E-state index contributed by atoms with van der Waals surface area (Å²) < 4.78 is 25.1. The molecule has 21 heavy (non-hydrogen) atoms. The maximum atomic E-state index is 13.1. The first kappa shape index (κ1) is 17.7. The van der Waals surface area contributed by atoms with Gasteiger partial charge in [0.2, 0.25) is 0 Å². The summed E-state index contributed by atoms with van der Waals surface area (Å²) in [5.41, 5.74) is 0. The summed E-state index contributed by atoms with van der Waals surface area (Å²) >= 11 is 3.36. The van der Waals surface area contributed by atoms with Crippen molar-refractivity contribution >= 4 is 23.5 Å². The first-order valence-electron chi connectivity index (χ1n) is 8.39. The van der Waals surface area contributed by atoms with E-state index in [4.69, 9.17) is 9.05 Å². The molecule has 0 aromatic heterocycles. The molecular weight excluding hydrogens is 351 g/mol. The van der Waals surface area contributed by atoms with Crippen molar-refractivity contribution in [1.82, 2.24) is 0 Å². The van der Waals surface area contributed by atoms with Crippen LogP contribution in [0, 0.1) is 0 Å². The lowest BCUT2D eigenvalue weighted by molar-refractivity contribution is 0.0803. The maximum Gasteiger partial charge on any atom is 0.334 e. The average Bonchev–Trinajstić information content (AvgIpc) is 2.49. The Morgan fingerprint density at radius 2 is 1.33 bits per heavy atom. The van der Waals surface area contributed by atoms with Gasteiger partial charge in [-0.25, -0.2) is 0 Å². The Kier molecular flexibility index (Phi) is 8.01. The average molecular weight is 379 g/mol. The van der Waals surface area contributed by atoms with E-state index in [1.165, 1.54) is 38.5 Å². The molecule has 5 heteroatoms. The highest BCUT2D eigenvalue weighted by molar-refractivity contribution is 9.09. The summed E-state index contributed by atoms with van der Waals surface area (Å²) in [6, 6.07) is 0. The van der Waals surface area contributed by atoms with Crippen LogP contribution in [0.25, 0.3) is 0 Å². The second-order valence-electron chi connectivity index (χ2n) is 6.15. The number of hydrogen-bond acceptors (Lipinski definition) is 3. The highest BCUT2D eigenvalue weighted by atomic mass is 79.9. The lowest BCUT2D eigenvalue weighted by atomic mass is 9.98. The van der Waals surface area contributed by atoms with Gasteiger partial charge < -0.3 is 9.05 Å². The normalized spacial score (nSPS) is 22.9. The molecule has 3 nitrogen and oxygen atoms in total. The van der Waals surface area contributed by atoms with E-state index < -0.39 is 7.60 Å². The van der Waals surface area contributed by atoms with Gasteiger partial charge in [-0.15, -0.1) is 0 Å². The molecule has 0 N–H and O–H groups in total. The third-order valence-electron chi connectivity index (χ3n) is 4.31. The number of rotatable bonds is 7. The summed E-state index contributed by atoms with van der Waals surface area (Å²) in [6.07, 6.45) is 16.0. The molecule has 0 saturated heterocycles. The Balaban J connectivity index is 1.94. The zero-order valence-corrected chi connectivity index (χ0v) is 15.3. The number of allylic oxidation sites excluding steroid dienone is 2. The number of halogens is 1. The molecule has 122 valence electrons. The molecule has 0 bridgehead atoms. The Morgan fingerprint density at radius 1 is 0.857 bits per heavy atom.